The average molecular weight is 352 g/mol. The van der Waals surface area contributed by atoms with E-state index in [0.717, 1.165) is 18.2 Å². The summed E-state index contributed by atoms with van der Waals surface area (Å²) in [6.45, 7) is 2.07. The molecular weight excluding hydrogens is 326 g/mol. The molecule has 2 aliphatic heterocycles. The van der Waals surface area contributed by atoms with Gasteiger partial charge in [0.2, 0.25) is 5.91 Å². The van der Waals surface area contributed by atoms with Crippen molar-refractivity contribution in [1.82, 2.24) is 4.90 Å². The van der Waals surface area contributed by atoms with E-state index in [9.17, 15) is 4.79 Å². The van der Waals surface area contributed by atoms with E-state index >= 15 is 0 Å². The Morgan fingerprint density at radius 2 is 2.13 bits per heavy atom. The van der Waals surface area contributed by atoms with E-state index in [-0.39, 0.29) is 6.10 Å². The maximum Gasteiger partial charge on any atom is 0.222 e. The summed E-state index contributed by atoms with van der Waals surface area (Å²) in [7, 11) is 4.03. The highest BCUT2D eigenvalue weighted by Gasteiger charge is 2.25. The minimum Gasteiger partial charge on any atom is -0.370 e. The molecule has 0 unspecified atom stereocenters. The van der Waals surface area contributed by atoms with Crippen LogP contribution >= 0.6 is 21.6 Å². The van der Waals surface area contributed by atoms with E-state index in [0.29, 0.717) is 25.5 Å². The van der Waals surface area contributed by atoms with Crippen molar-refractivity contribution in [1.29, 1.82) is 0 Å². The van der Waals surface area contributed by atoms with E-state index in [1.54, 1.807) is 0 Å². The molecule has 2 fully saturated rings. The molecule has 3 nitrogen and oxygen atoms in total. The standard InChI is InChI=1S/C18H25NO2S2/c20-18(9-5-4-8-16-10-13-22-23-16)19-11-12-21-17(14-19)15-6-2-1-3-7-15/h1-3,6-7,16-17H,4-5,8-14H2/t16-,17-/m1/s1. The topological polar surface area (TPSA) is 29.5 Å². The molecule has 0 aliphatic carbocycles. The first-order valence-corrected chi connectivity index (χ1v) is 10.9. The van der Waals surface area contributed by atoms with Crippen LogP contribution in [0.25, 0.3) is 0 Å². The number of ether oxygens (including phenoxy) is 1. The van der Waals surface area contributed by atoms with Gasteiger partial charge in [-0.1, -0.05) is 58.3 Å². The van der Waals surface area contributed by atoms with Gasteiger partial charge in [-0.2, -0.15) is 0 Å². The molecule has 0 spiro atoms. The summed E-state index contributed by atoms with van der Waals surface area (Å²) in [4.78, 5) is 14.4. The molecule has 2 heterocycles. The summed E-state index contributed by atoms with van der Waals surface area (Å²) in [5.74, 6) is 1.59. The van der Waals surface area contributed by atoms with Gasteiger partial charge in [0.25, 0.3) is 0 Å². The van der Waals surface area contributed by atoms with Gasteiger partial charge in [0.1, 0.15) is 6.10 Å². The first-order chi connectivity index (χ1) is 11.3. The van der Waals surface area contributed by atoms with Crippen LogP contribution in [0.15, 0.2) is 30.3 Å². The minimum atomic E-state index is 0.0285. The number of unbranched alkanes of at least 4 members (excludes halogenated alkanes) is 1. The lowest BCUT2D eigenvalue weighted by molar-refractivity contribution is -0.139. The minimum absolute atomic E-state index is 0.0285. The van der Waals surface area contributed by atoms with Crippen LogP contribution in [-0.2, 0) is 9.53 Å². The van der Waals surface area contributed by atoms with Gasteiger partial charge in [0.15, 0.2) is 0 Å². The molecular formula is C18H25NO2S2. The van der Waals surface area contributed by atoms with E-state index in [2.05, 4.69) is 12.1 Å². The van der Waals surface area contributed by atoms with Gasteiger partial charge < -0.3 is 9.64 Å². The Kier molecular flexibility index (Phi) is 6.72. The van der Waals surface area contributed by atoms with Gasteiger partial charge in [-0.15, -0.1) is 0 Å². The van der Waals surface area contributed by atoms with Gasteiger partial charge in [-0.3, -0.25) is 4.79 Å². The van der Waals surface area contributed by atoms with Gasteiger partial charge >= 0.3 is 0 Å². The largest absolute Gasteiger partial charge is 0.370 e. The number of amides is 1. The molecule has 2 atom stereocenters. The third-order valence-corrected chi connectivity index (χ3v) is 7.49. The van der Waals surface area contributed by atoms with Crippen molar-refractivity contribution >= 4 is 27.5 Å². The quantitative estimate of drug-likeness (QED) is 0.564. The second-order valence-electron chi connectivity index (χ2n) is 6.18. The van der Waals surface area contributed by atoms with E-state index in [4.69, 9.17) is 4.74 Å². The molecule has 1 aromatic carbocycles. The Hall–Kier alpha value is -0.650. The Morgan fingerprint density at radius 1 is 1.26 bits per heavy atom. The lowest BCUT2D eigenvalue weighted by Crippen LogP contribution is -2.42. The number of hydrogen-bond donors (Lipinski definition) is 0. The molecule has 0 bridgehead atoms. The number of carbonyl (C=O) groups is 1. The van der Waals surface area contributed by atoms with Crippen LogP contribution in [0, 0.1) is 0 Å². The summed E-state index contributed by atoms with van der Waals surface area (Å²) < 4.78 is 5.84. The highest BCUT2D eigenvalue weighted by molar-refractivity contribution is 8.77. The van der Waals surface area contributed by atoms with Crippen molar-refractivity contribution in [2.75, 3.05) is 25.4 Å². The highest BCUT2D eigenvalue weighted by atomic mass is 33.1. The predicted octanol–water partition coefficient (Wildman–Crippen LogP) is 4.30. The number of hydrogen-bond acceptors (Lipinski definition) is 4. The van der Waals surface area contributed by atoms with Crippen molar-refractivity contribution in [3.8, 4) is 0 Å². The average Bonchev–Trinajstić information content (AvgIpc) is 3.13. The zero-order valence-electron chi connectivity index (χ0n) is 13.5. The van der Waals surface area contributed by atoms with Gasteiger partial charge in [-0.05, 0) is 24.8 Å². The lowest BCUT2D eigenvalue weighted by Gasteiger charge is -2.33. The Morgan fingerprint density at radius 3 is 2.91 bits per heavy atom. The summed E-state index contributed by atoms with van der Waals surface area (Å²) in [5.41, 5.74) is 1.17. The molecule has 0 saturated carbocycles. The molecule has 5 heteroatoms. The van der Waals surface area contributed by atoms with E-state index < -0.39 is 0 Å². The molecule has 23 heavy (non-hydrogen) atoms. The van der Waals surface area contributed by atoms with Crippen LogP contribution in [-0.4, -0.2) is 41.5 Å². The molecule has 0 aromatic heterocycles. The van der Waals surface area contributed by atoms with Crippen molar-refractivity contribution in [3.63, 3.8) is 0 Å². The monoisotopic (exact) mass is 351 g/mol. The molecule has 2 saturated heterocycles. The van der Waals surface area contributed by atoms with Crippen LogP contribution in [0.4, 0.5) is 0 Å². The summed E-state index contributed by atoms with van der Waals surface area (Å²) in [6, 6.07) is 10.2. The Labute approximate surface area is 146 Å². The zero-order chi connectivity index (χ0) is 15.9. The molecule has 1 amide bonds. The van der Waals surface area contributed by atoms with Crippen molar-refractivity contribution in [3.05, 3.63) is 35.9 Å². The normalized spacial score (nSPS) is 24.8. The van der Waals surface area contributed by atoms with Gasteiger partial charge in [0.05, 0.1) is 13.2 Å². The third-order valence-electron chi connectivity index (χ3n) is 4.48. The van der Waals surface area contributed by atoms with Crippen LogP contribution in [0.1, 0.15) is 43.8 Å². The fourth-order valence-electron chi connectivity index (χ4n) is 3.12. The van der Waals surface area contributed by atoms with Crippen molar-refractivity contribution in [2.45, 2.75) is 43.5 Å². The molecule has 3 rings (SSSR count). The fourth-order valence-corrected chi connectivity index (χ4v) is 6.14. The lowest BCUT2D eigenvalue weighted by atomic mass is 10.1. The van der Waals surface area contributed by atoms with Crippen LogP contribution in [0.5, 0.6) is 0 Å². The highest BCUT2D eigenvalue weighted by Crippen LogP contribution is 2.39. The molecule has 0 N–H and O–H groups in total. The SMILES string of the molecule is O=C(CCCC[C@@H]1CCSS1)N1CCO[C@@H](c2ccccc2)C1. The second-order valence-corrected chi connectivity index (χ2v) is 8.97. The summed E-state index contributed by atoms with van der Waals surface area (Å²) >= 11 is 0. The zero-order valence-corrected chi connectivity index (χ0v) is 15.1. The van der Waals surface area contributed by atoms with E-state index in [1.807, 2.05) is 44.7 Å². The molecule has 2 aliphatic rings. The molecule has 0 radical (unpaired) electrons. The van der Waals surface area contributed by atoms with Crippen LogP contribution in [0.3, 0.4) is 0 Å². The third kappa shape index (κ3) is 5.16. The molecule has 126 valence electrons. The number of benzene rings is 1. The Balaban J connectivity index is 1.40. The van der Waals surface area contributed by atoms with E-state index in [1.165, 1.54) is 30.6 Å². The maximum atomic E-state index is 12.4. The number of morpholine rings is 1. The second kappa shape index (κ2) is 9.00. The van der Waals surface area contributed by atoms with Crippen LogP contribution < -0.4 is 0 Å². The first-order valence-electron chi connectivity index (χ1n) is 8.55. The summed E-state index contributed by atoms with van der Waals surface area (Å²) in [6.07, 6.45) is 5.52. The molecule has 1 aromatic rings. The number of nitrogens with zero attached hydrogens (tertiary/aromatic N) is 1. The van der Waals surface area contributed by atoms with Crippen molar-refractivity contribution in [2.24, 2.45) is 0 Å². The number of rotatable bonds is 6. The van der Waals surface area contributed by atoms with Crippen molar-refractivity contribution < 1.29 is 9.53 Å². The van der Waals surface area contributed by atoms with Crippen LogP contribution in [0.2, 0.25) is 0 Å². The van der Waals surface area contributed by atoms with Gasteiger partial charge in [0, 0.05) is 24.0 Å². The first kappa shape index (κ1) is 17.2. The number of carbonyl (C=O) groups excluding carboxylic acids is 1. The smallest absolute Gasteiger partial charge is 0.222 e. The Bertz CT molecular complexity index is 491. The predicted molar refractivity (Wildman–Crippen MR) is 98.6 cm³/mol. The summed E-state index contributed by atoms with van der Waals surface area (Å²) in [5, 5.41) is 0.820. The maximum absolute atomic E-state index is 12.4. The van der Waals surface area contributed by atoms with Gasteiger partial charge in [-0.25, -0.2) is 0 Å². The fraction of sp³-hybridized carbons (Fsp3) is 0.611.